The maximum Gasteiger partial charge on any atom is 0.202 e. The maximum absolute atomic E-state index is 6.43. The molecule has 1 aliphatic rings. The van der Waals surface area contributed by atoms with Crippen molar-refractivity contribution in [2.24, 2.45) is 13.0 Å². The number of aromatic nitrogens is 6. The number of halogens is 1. The largest absolute Gasteiger partial charge is 0.263 e. The van der Waals surface area contributed by atoms with E-state index in [1.165, 1.54) is 23.3 Å². The summed E-state index contributed by atoms with van der Waals surface area (Å²) in [5.41, 5.74) is 3.81. The Hall–Kier alpha value is -1.99. The number of hydrogen-bond donors (Lipinski definition) is 0. The molecule has 0 N–H and O–H groups in total. The van der Waals surface area contributed by atoms with Gasteiger partial charge in [-0.25, -0.2) is 14.5 Å². The second-order valence-electron chi connectivity index (χ2n) is 7.02. The van der Waals surface area contributed by atoms with Crippen LogP contribution < -0.4 is 0 Å². The molecule has 8 heteroatoms. The summed E-state index contributed by atoms with van der Waals surface area (Å²) < 4.78 is 3.52. The number of rotatable bonds is 2. The van der Waals surface area contributed by atoms with Gasteiger partial charge in [0.2, 0.25) is 5.82 Å². The van der Waals surface area contributed by atoms with Crippen LogP contribution in [0.3, 0.4) is 0 Å². The molecule has 0 aliphatic heterocycles. The van der Waals surface area contributed by atoms with Crippen molar-refractivity contribution < 1.29 is 0 Å². The lowest BCUT2D eigenvalue weighted by Crippen LogP contribution is -2.11. The predicted molar refractivity (Wildman–Crippen MR) is 104 cm³/mol. The molecule has 4 aromatic rings. The van der Waals surface area contributed by atoms with E-state index in [-0.39, 0.29) is 0 Å². The molecule has 0 saturated heterocycles. The zero-order chi connectivity index (χ0) is 18.0. The molecule has 0 aromatic carbocycles. The predicted octanol–water partition coefficient (Wildman–Crippen LogP) is 4.22. The first kappa shape index (κ1) is 16.2. The number of nitrogens with zero attached hydrogens (tertiary/aromatic N) is 6. The molecule has 5 rings (SSSR count). The van der Waals surface area contributed by atoms with Crippen molar-refractivity contribution in [3.63, 3.8) is 0 Å². The molecule has 0 spiro atoms. The highest BCUT2D eigenvalue weighted by Crippen LogP contribution is 2.40. The summed E-state index contributed by atoms with van der Waals surface area (Å²) in [7, 11) is 1.87. The van der Waals surface area contributed by atoms with Gasteiger partial charge in [0.15, 0.2) is 5.65 Å². The van der Waals surface area contributed by atoms with Gasteiger partial charge in [-0.1, -0.05) is 24.9 Å². The van der Waals surface area contributed by atoms with Crippen LogP contribution in [0.2, 0.25) is 5.02 Å². The molecule has 1 atom stereocenters. The molecule has 4 heterocycles. The normalized spacial score (nSPS) is 17.3. The van der Waals surface area contributed by atoms with E-state index in [4.69, 9.17) is 16.6 Å². The monoisotopic (exact) mass is 386 g/mol. The van der Waals surface area contributed by atoms with Crippen molar-refractivity contribution in [3.05, 3.63) is 27.5 Å². The highest BCUT2D eigenvalue weighted by Gasteiger charge is 2.25. The quantitative estimate of drug-likeness (QED) is 0.517. The van der Waals surface area contributed by atoms with Crippen LogP contribution >= 0.6 is 22.9 Å². The van der Waals surface area contributed by atoms with Gasteiger partial charge in [-0.15, -0.1) is 16.4 Å². The topological polar surface area (TPSA) is 60.9 Å². The number of aryl methyl sites for hydroxylation is 3. The highest BCUT2D eigenvalue weighted by molar-refractivity contribution is 7.19. The van der Waals surface area contributed by atoms with E-state index in [1.54, 1.807) is 15.5 Å². The number of hydrogen-bond acceptors (Lipinski definition) is 5. The van der Waals surface area contributed by atoms with Gasteiger partial charge in [0, 0.05) is 11.9 Å². The molecule has 4 aromatic heterocycles. The zero-order valence-electron chi connectivity index (χ0n) is 15.0. The molecule has 1 aliphatic carbocycles. The lowest BCUT2D eigenvalue weighted by atomic mass is 9.86. The van der Waals surface area contributed by atoms with E-state index in [2.05, 4.69) is 22.1 Å². The molecule has 0 bridgehead atoms. The second kappa shape index (κ2) is 5.76. The molecule has 0 saturated carbocycles. The summed E-state index contributed by atoms with van der Waals surface area (Å²) >= 11 is 8.25. The summed E-state index contributed by atoms with van der Waals surface area (Å²) in [6.07, 6.45) is 6.49. The third-order valence-corrected chi connectivity index (χ3v) is 7.04. The molecule has 0 fully saturated rings. The van der Waals surface area contributed by atoms with Gasteiger partial charge in [0.05, 0.1) is 16.1 Å². The van der Waals surface area contributed by atoms with Crippen LogP contribution in [0.15, 0.2) is 6.33 Å². The van der Waals surface area contributed by atoms with Crippen molar-refractivity contribution in [2.75, 3.05) is 0 Å². The fourth-order valence-electron chi connectivity index (χ4n) is 3.97. The van der Waals surface area contributed by atoms with E-state index in [0.29, 0.717) is 10.8 Å². The first-order valence-electron chi connectivity index (χ1n) is 8.92. The summed E-state index contributed by atoms with van der Waals surface area (Å²) in [6, 6.07) is 0. The van der Waals surface area contributed by atoms with Gasteiger partial charge in [0.1, 0.15) is 16.9 Å². The Morgan fingerprint density at radius 2 is 2.19 bits per heavy atom. The van der Waals surface area contributed by atoms with E-state index in [0.717, 1.165) is 46.0 Å². The Kier molecular flexibility index (Phi) is 3.59. The second-order valence-corrected chi connectivity index (χ2v) is 8.48. The fraction of sp³-hybridized carbons (Fsp3) is 0.444. The van der Waals surface area contributed by atoms with E-state index in [9.17, 15) is 0 Å². The Morgan fingerprint density at radius 1 is 1.35 bits per heavy atom. The average molecular weight is 387 g/mol. The molecule has 26 heavy (non-hydrogen) atoms. The van der Waals surface area contributed by atoms with Crippen molar-refractivity contribution in [1.82, 2.24) is 29.4 Å². The minimum Gasteiger partial charge on any atom is -0.263 e. The number of fused-ring (bicyclic) bond motifs is 5. The van der Waals surface area contributed by atoms with Crippen molar-refractivity contribution in [2.45, 2.75) is 39.5 Å². The third kappa shape index (κ3) is 2.23. The molecule has 0 amide bonds. The van der Waals surface area contributed by atoms with Gasteiger partial charge in [-0.3, -0.25) is 4.68 Å². The Bertz CT molecular complexity index is 1150. The van der Waals surface area contributed by atoms with Crippen LogP contribution in [0.25, 0.3) is 27.4 Å². The minimum atomic E-state index is 0.592. The van der Waals surface area contributed by atoms with Gasteiger partial charge in [-0.2, -0.15) is 5.10 Å². The van der Waals surface area contributed by atoms with Crippen LogP contribution in [-0.2, 0) is 19.9 Å². The number of thiophene rings is 1. The molecule has 0 radical (unpaired) electrons. The highest BCUT2D eigenvalue weighted by atomic mass is 35.5. The third-order valence-electron chi connectivity index (χ3n) is 5.43. The smallest absolute Gasteiger partial charge is 0.202 e. The Balaban J connectivity index is 1.74. The lowest BCUT2D eigenvalue weighted by Gasteiger charge is -2.20. The van der Waals surface area contributed by atoms with Crippen LogP contribution in [0, 0.1) is 12.8 Å². The van der Waals surface area contributed by atoms with E-state index < -0.39 is 0 Å². The van der Waals surface area contributed by atoms with Crippen LogP contribution in [0.4, 0.5) is 0 Å². The van der Waals surface area contributed by atoms with Crippen molar-refractivity contribution in [1.29, 1.82) is 0 Å². The van der Waals surface area contributed by atoms with Gasteiger partial charge in [0.25, 0.3) is 0 Å². The first-order chi connectivity index (χ1) is 12.6. The van der Waals surface area contributed by atoms with E-state index in [1.807, 2.05) is 25.3 Å². The van der Waals surface area contributed by atoms with Crippen LogP contribution in [-0.4, -0.2) is 29.4 Å². The van der Waals surface area contributed by atoms with Gasteiger partial charge >= 0.3 is 0 Å². The fourth-order valence-corrected chi connectivity index (χ4v) is 5.51. The summed E-state index contributed by atoms with van der Waals surface area (Å²) in [4.78, 5) is 12.0. The van der Waals surface area contributed by atoms with Gasteiger partial charge < -0.3 is 0 Å². The van der Waals surface area contributed by atoms with E-state index >= 15 is 0 Å². The van der Waals surface area contributed by atoms with Crippen molar-refractivity contribution >= 4 is 38.8 Å². The summed E-state index contributed by atoms with van der Waals surface area (Å²) in [5.74, 6) is 1.38. The van der Waals surface area contributed by atoms with Gasteiger partial charge in [-0.05, 0) is 37.7 Å². The lowest BCUT2D eigenvalue weighted by molar-refractivity contribution is 0.451. The van der Waals surface area contributed by atoms with Crippen LogP contribution in [0.1, 0.15) is 35.9 Å². The standard InChI is InChI=1S/C18H19ClN6S/c1-4-10-5-6-11-12(7-10)26-18-13(11)17-21-16(23-25(17)8-20-18)15-14(19)9(2)22-24(15)3/h8,10H,4-7H2,1-3H3/t10-/m0/s1. The Labute approximate surface area is 159 Å². The minimum absolute atomic E-state index is 0.592. The zero-order valence-corrected chi connectivity index (χ0v) is 16.5. The molecule has 0 unspecified atom stereocenters. The maximum atomic E-state index is 6.43. The molecule has 134 valence electrons. The molecular formula is C18H19ClN6S. The average Bonchev–Trinajstić information content (AvgIpc) is 3.27. The van der Waals surface area contributed by atoms with Crippen molar-refractivity contribution in [3.8, 4) is 11.5 Å². The Morgan fingerprint density at radius 3 is 2.92 bits per heavy atom. The molecular weight excluding hydrogens is 368 g/mol. The summed E-state index contributed by atoms with van der Waals surface area (Å²) in [5, 5.41) is 10.8. The molecule has 6 nitrogen and oxygen atoms in total. The SMILES string of the molecule is CC[C@H]1CCc2c(sc3ncn4nc(-c5c(Cl)c(C)nn5C)nc4c23)C1. The first-order valence-corrected chi connectivity index (χ1v) is 10.1. The summed E-state index contributed by atoms with van der Waals surface area (Å²) in [6.45, 7) is 4.17. The van der Waals surface area contributed by atoms with Crippen LogP contribution in [0.5, 0.6) is 0 Å².